The molecule has 0 heterocycles. The quantitative estimate of drug-likeness (QED) is 0.674. The third-order valence-electron chi connectivity index (χ3n) is 2.71. The van der Waals surface area contributed by atoms with Crippen molar-refractivity contribution in [2.24, 2.45) is 0 Å². The lowest BCUT2D eigenvalue weighted by Gasteiger charge is -2.16. The Kier molecular flexibility index (Phi) is 6.26. The molecule has 0 radical (unpaired) electrons. The molecule has 1 unspecified atom stereocenters. The van der Waals surface area contributed by atoms with E-state index in [9.17, 15) is 19.1 Å². The number of aliphatic hydroxyl groups excluding tert-OH is 1. The summed E-state index contributed by atoms with van der Waals surface area (Å²) in [6.07, 6.45) is -0.770. The van der Waals surface area contributed by atoms with Crippen LogP contribution in [0, 0.1) is 12.7 Å². The number of rotatable bonds is 5. The van der Waals surface area contributed by atoms with Crippen LogP contribution in [-0.4, -0.2) is 55.1 Å². The van der Waals surface area contributed by atoms with Crippen molar-refractivity contribution in [1.82, 2.24) is 10.2 Å². The zero-order valence-electron chi connectivity index (χ0n) is 12.3. The molecule has 0 aromatic heterocycles. The number of anilines is 1. The molecule has 3 N–H and O–H groups in total. The molecule has 0 aliphatic rings. The smallest absolute Gasteiger partial charge is 0.313 e. The highest BCUT2D eigenvalue weighted by Gasteiger charge is 2.15. The Morgan fingerprint density at radius 2 is 2.00 bits per heavy atom. The molecule has 0 spiro atoms. The first-order chi connectivity index (χ1) is 9.79. The van der Waals surface area contributed by atoms with Crippen LogP contribution in [0.4, 0.5) is 10.1 Å². The summed E-state index contributed by atoms with van der Waals surface area (Å²) in [6.45, 7) is 1.93. The molecule has 0 bridgehead atoms. The number of halogens is 1. The van der Waals surface area contributed by atoms with Crippen molar-refractivity contribution in [1.29, 1.82) is 0 Å². The third-order valence-corrected chi connectivity index (χ3v) is 2.71. The monoisotopic (exact) mass is 297 g/mol. The molecule has 21 heavy (non-hydrogen) atoms. The highest BCUT2D eigenvalue weighted by molar-refractivity contribution is 6.39. The molecule has 116 valence electrons. The van der Waals surface area contributed by atoms with Crippen LogP contribution in [0.3, 0.4) is 0 Å². The van der Waals surface area contributed by atoms with Gasteiger partial charge in [0.25, 0.3) is 0 Å². The number of nitrogens with one attached hydrogen (secondary N) is 2. The van der Waals surface area contributed by atoms with E-state index in [1.807, 2.05) is 0 Å². The van der Waals surface area contributed by atoms with E-state index >= 15 is 0 Å². The molecule has 6 nitrogen and oxygen atoms in total. The zero-order chi connectivity index (χ0) is 16.0. The standard InChI is InChI=1S/C14H20FN3O3/c1-9-4-5-10(6-12(9)15)17-14(21)13(20)16-7-11(19)8-18(2)3/h4-6,11,19H,7-8H2,1-3H3,(H,16,20)(H,17,21). The molecular formula is C14H20FN3O3. The van der Waals surface area contributed by atoms with E-state index in [1.165, 1.54) is 12.1 Å². The van der Waals surface area contributed by atoms with Gasteiger partial charge in [0, 0.05) is 18.8 Å². The lowest BCUT2D eigenvalue weighted by atomic mass is 10.2. The molecule has 7 heteroatoms. The van der Waals surface area contributed by atoms with Gasteiger partial charge in [-0.15, -0.1) is 0 Å². The Morgan fingerprint density at radius 3 is 2.57 bits per heavy atom. The maximum Gasteiger partial charge on any atom is 0.313 e. The second-order valence-corrected chi connectivity index (χ2v) is 5.04. The van der Waals surface area contributed by atoms with Crippen molar-refractivity contribution in [3.8, 4) is 0 Å². The van der Waals surface area contributed by atoms with Gasteiger partial charge in [-0.2, -0.15) is 0 Å². The summed E-state index contributed by atoms with van der Waals surface area (Å²) >= 11 is 0. The first-order valence-corrected chi connectivity index (χ1v) is 6.47. The van der Waals surface area contributed by atoms with Gasteiger partial charge < -0.3 is 20.6 Å². The third kappa shape index (κ3) is 5.88. The van der Waals surface area contributed by atoms with Crippen LogP contribution in [0.5, 0.6) is 0 Å². The first-order valence-electron chi connectivity index (χ1n) is 6.47. The van der Waals surface area contributed by atoms with Crippen LogP contribution >= 0.6 is 0 Å². The maximum atomic E-state index is 13.3. The number of likely N-dealkylation sites (N-methyl/N-ethyl adjacent to an activating group) is 1. The van der Waals surface area contributed by atoms with E-state index in [-0.39, 0.29) is 12.2 Å². The molecule has 0 saturated carbocycles. The molecule has 2 amide bonds. The molecule has 1 rings (SSSR count). The van der Waals surface area contributed by atoms with Crippen LogP contribution in [0.15, 0.2) is 18.2 Å². The number of carbonyl (C=O) groups excluding carboxylic acids is 2. The highest BCUT2D eigenvalue weighted by Crippen LogP contribution is 2.13. The predicted octanol–water partition coefficient (Wildman–Crippen LogP) is 0.111. The predicted molar refractivity (Wildman–Crippen MR) is 77.3 cm³/mol. The van der Waals surface area contributed by atoms with Gasteiger partial charge in [0.05, 0.1) is 6.10 Å². The molecule has 1 aromatic rings. The molecule has 0 aliphatic heterocycles. The van der Waals surface area contributed by atoms with E-state index in [4.69, 9.17) is 0 Å². The first kappa shape index (κ1) is 17.1. The molecule has 0 fully saturated rings. The lowest BCUT2D eigenvalue weighted by molar-refractivity contribution is -0.136. The van der Waals surface area contributed by atoms with Crippen molar-refractivity contribution in [3.63, 3.8) is 0 Å². The average Bonchev–Trinajstić information content (AvgIpc) is 2.39. The number of hydrogen-bond acceptors (Lipinski definition) is 4. The van der Waals surface area contributed by atoms with E-state index in [1.54, 1.807) is 25.9 Å². The Balaban J connectivity index is 2.47. The Morgan fingerprint density at radius 1 is 1.33 bits per heavy atom. The number of aryl methyl sites for hydroxylation is 1. The number of hydrogen-bond donors (Lipinski definition) is 3. The topological polar surface area (TPSA) is 81.7 Å². The lowest BCUT2D eigenvalue weighted by Crippen LogP contribution is -2.42. The van der Waals surface area contributed by atoms with Crippen molar-refractivity contribution in [2.75, 3.05) is 32.5 Å². The van der Waals surface area contributed by atoms with E-state index < -0.39 is 23.7 Å². The Bertz CT molecular complexity index is 520. The summed E-state index contributed by atoms with van der Waals surface area (Å²) in [5.41, 5.74) is 0.649. The summed E-state index contributed by atoms with van der Waals surface area (Å²) in [5.74, 6) is -2.25. The van der Waals surface area contributed by atoms with E-state index in [0.717, 1.165) is 6.07 Å². The second-order valence-electron chi connectivity index (χ2n) is 5.04. The normalized spacial score (nSPS) is 12.1. The minimum Gasteiger partial charge on any atom is -0.390 e. The fraction of sp³-hybridized carbons (Fsp3) is 0.429. The van der Waals surface area contributed by atoms with Crippen LogP contribution in [0.2, 0.25) is 0 Å². The van der Waals surface area contributed by atoms with Crippen LogP contribution in [0.1, 0.15) is 5.56 Å². The minimum absolute atomic E-state index is 0.0350. The van der Waals surface area contributed by atoms with Crippen molar-refractivity contribution in [3.05, 3.63) is 29.6 Å². The SMILES string of the molecule is Cc1ccc(NC(=O)C(=O)NCC(O)CN(C)C)cc1F. The summed E-state index contributed by atoms with van der Waals surface area (Å²) in [7, 11) is 3.56. The largest absolute Gasteiger partial charge is 0.390 e. The fourth-order valence-electron chi connectivity index (χ4n) is 1.64. The number of nitrogens with zero attached hydrogens (tertiary/aromatic N) is 1. The fourth-order valence-corrected chi connectivity index (χ4v) is 1.64. The molecule has 1 aromatic carbocycles. The number of aliphatic hydroxyl groups is 1. The molecule has 0 saturated heterocycles. The van der Waals surface area contributed by atoms with Gasteiger partial charge in [0.1, 0.15) is 5.82 Å². The average molecular weight is 297 g/mol. The van der Waals surface area contributed by atoms with Gasteiger partial charge in [-0.25, -0.2) is 4.39 Å². The maximum absolute atomic E-state index is 13.3. The minimum atomic E-state index is -0.907. The second kappa shape index (κ2) is 7.70. The molecule has 1 atom stereocenters. The van der Waals surface area contributed by atoms with E-state index in [2.05, 4.69) is 10.6 Å². The zero-order valence-corrected chi connectivity index (χ0v) is 12.3. The number of carbonyl (C=O) groups is 2. The van der Waals surface area contributed by atoms with Crippen molar-refractivity contribution >= 4 is 17.5 Å². The number of benzene rings is 1. The van der Waals surface area contributed by atoms with Crippen LogP contribution < -0.4 is 10.6 Å². The van der Waals surface area contributed by atoms with Gasteiger partial charge in [-0.3, -0.25) is 9.59 Å². The summed E-state index contributed by atoms with van der Waals surface area (Å²) in [6, 6.07) is 4.15. The Hall–Kier alpha value is -1.99. The molecule has 0 aliphatic carbocycles. The van der Waals surface area contributed by atoms with Crippen LogP contribution in [-0.2, 0) is 9.59 Å². The van der Waals surface area contributed by atoms with E-state index in [0.29, 0.717) is 12.1 Å². The summed E-state index contributed by atoms with van der Waals surface area (Å²) in [4.78, 5) is 24.9. The van der Waals surface area contributed by atoms with Gasteiger partial charge >= 0.3 is 11.8 Å². The van der Waals surface area contributed by atoms with Gasteiger partial charge in [-0.05, 0) is 38.7 Å². The number of amides is 2. The van der Waals surface area contributed by atoms with Crippen LogP contribution in [0.25, 0.3) is 0 Å². The van der Waals surface area contributed by atoms with Gasteiger partial charge in [0.15, 0.2) is 0 Å². The highest BCUT2D eigenvalue weighted by atomic mass is 19.1. The molecular weight excluding hydrogens is 277 g/mol. The van der Waals surface area contributed by atoms with Crippen molar-refractivity contribution in [2.45, 2.75) is 13.0 Å². The summed E-state index contributed by atoms with van der Waals surface area (Å²) in [5, 5.41) is 14.2. The Labute approximate surface area is 122 Å². The van der Waals surface area contributed by atoms with Gasteiger partial charge in [0.2, 0.25) is 0 Å². The van der Waals surface area contributed by atoms with Gasteiger partial charge in [-0.1, -0.05) is 6.07 Å². The summed E-state index contributed by atoms with van der Waals surface area (Å²) < 4.78 is 13.3. The van der Waals surface area contributed by atoms with Crippen molar-refractivity contribution < 1.29 is 19.1 Å².